The van der Waals surface area contributed by atoms with E-state index in [0.29, 0.717) is 11.8 Å². The Balaban J connectivity index is 1.11. The lowest BCUT2D eigenvalue weighted by Gasteiger charge is -2.55. The van der Waals surface area contributed by atoms with Gasteiger partial charge in [0.05, 0.1) is 0 Å². The first kappa shape index (κ1) is 31.6. The summed E-state index contributed by atoms with van der Waals surface area (Å²) < 4.78 is 0. The Morgan fingerprint density at radius 2 is 1.02 bits per heavy atom. The van der Waals surface area contributed by atoms with Gasteiger partial charge in [-0.05, 0) is 148 Å². The molecule has 6 aromatic rings. The Hall–Kier alpha value is -4.88. The molecule has 2 atom stereocenters. The highest BCUT2D eigenvalue weighted by Gasteiger charge is 2.57. The van der Waals surface area contributed by atoms with E-state index in [-0.39, 0.29) is 10.8 Å². The van der Waals surface area contributed by atoms with Gasteiger partial charge in [-0.3, -0.25) is 0 Å². The van der Waals surface area contributed by atoms with Crippen molar-refractivity contribution < 1.29 is 0 Å². The standard InChI is InChI=1S/C52H49N/c1-2-35-31-38-15-12-16-39(32-35)52(38)48-20-9-7-18-44(48)46-28-26-42(34-50(46)52)53(40-23-21-37(22-24-40)36-13-4-3-5-14-36)41-25-27-45-43-17-6-8-19-47(43)51(49(45)33-41)29-10-11-30-51/h3-9,13-14,17-28,33-35,38-39H,2,10-12,15-16,29-32H2,1H3. The maximum Gasteiger partial charge on any atom is 0.0465 e. The van der Waals surface area contributed by atoms with E-state index in [4.69, 9.17) is 0 Å². The zero-order chi connectivity index (χ0) is 35.1. The van der Waals surface area contributed by atoms with Crippen molar-refractivity contribution in [3.05, 3.63) is 162 Å². The summed E-state index contributed by atoms with van der Waals surface area (Å²) in [4.78, 5) is 2.59. The summed E-state index contributed by atoms with van der Waals surface area (Å²) in [7, 11) is 0. The molecule has 53 heavy (non-hydrogen) atoms. The molecule has 1 nitrogen and oxygen atoms in total. The molecule has 6 aromatic carbocycles. The lowest BCUT2D eigenvalue weighted by molar-refractivity contribution is 0.0492. The molecular weight excluding hydrogens is 639 g/mol. The number of anilines is 3. The number of fused-ring (bicyclic) bond motifs is 8. The average Bonchev–Trinajstić information content (AvgIpc) is 3.89. The number of hydrogen-bond donors (Lipinski definition) is 0. The highest BCUT2D eigenvalue weighted by atomic mass is 15.1. The van der Waals surface area contributed by atoms with Crippen LogP contribution in [-0.4, -0.2) is 0 Å². The van der Waals surface area contributed by atoms with Crippen molar-refractivity contribution in [2.24, 2.45) is 17.8 Å². The lowest BCUT2D eigenvalue weighted by atomic mass is 9.49. The second kappa shape index (κ2) is 12.1. The molecule has 0 amide bonds. The molecule has 0 heterocycles. The van der Waals surface area contributed by atoms with E-state index in [0.717, 1.165) is 5.92 Å². The Labute approximate surface area is 315 Å². The van der Waals surface area contributed by atoms with Crippen molar-refractivity contribution >= 4 is 17.1 Å². The summed E-state index contributed by atoms with van der Waals surface area (Å²) in [6.07, 6.45) is 13.2. The van der Waals surface area contributed by atoms with Crippen LogP contribution in [0.2, 0.25) is 0 Å². The molecule has 11 rings (SSSR count). The third-order valence-electron chi connectivity index (χ3n) is 14.8. The van der Waals surface area contributed by atoms with Crippen molar-refractivity contribution in [3.63, 3.8) is 0 Å². The monoisotopic (exact) mass is 687 g/mol. The first-order chi connectivity index (χ1) is 26.2. The van der Waals surface area contributed by atoms with E-state index in [1.807, 2.05) is 0 Å². The first-order valence-electron chi connectivity index (χ1n) is 20.6. The van der Waals surface area contributed by atoms with E-state index in [2.05, 4.69) is 151 Å². The quantitative estimate of drug-likeness (QED) is 0.174. The van der Waals surface area contributed by atoms with Crippen LogP contribution >= 0.6 is 0 Å². The van der Waals surface area contributed by atoms with E-state index < -0.39 is 0 Å². The highest BCUT2D eigenvalue weighted by molar-refractivity contribution is 5.89. The predicted molar refractivity (Wildman–Crippen MR) is 221 cm³/mol. The summed E-state index contributed by atoms with van der Waals surface area (Å²) in [5, 5.41) is 0. The molecule has 3 saturated carbocycles. The van der Waals surface area contributed by atoms with Gasteiger partial charge in [0.1, 0.15) is 0 Å². The Morgan fingerprint density at radius 1 is 0.491 bits per heavy atom. The van der Waals surface area contributed by atoms with E-state index in [1.54, 1.807) is 16.7 Å². The fraction of sp³-hybridized carbons (Fsp3) is 0.308. The van der Waals surface area contributed by atoms with Gasteiger partial charge in [0.15, 0.2) is 0 Å². The number of rotatable bonds is 5. The minimum atomic E-state index is 0.113. The van der Waals surface area contributed by atoms with Crippen LogP contribution in [0, 0.1) is 17.8 Å². The van der Waals surface area contributed by atoms with Crippen molar-refractivity contribution in [1.29, 1.82) is 0 Å². The molecule has 1 heteroatoms. The summed E-state index contributed by atoms with van der Waals surface area (Å²) in [5.41, 5.74) is 18.7. The Bertz CT molecular complexity index is 2330. The van der Waals surface area contributed by atoms with Crippen LogP contribution < -0.4 is 4.90 Å². The first-order valence-corrected chi connectivity index (χ1v) is 20.6. The van der Waals surface area contributed by atoms with Gasteiger partial charge < -0.3 is 4.90 Å². The van der Waals surface area contributed by atoms with Gasteiger partial charge in [-0.25, -0.2) is 0 Å². The predicted octanol–water partition coefficient (Wildman–Crippen LogP) is 14.2. The van der Waals surface area contributed by atoms with Crippen LogP contribution in [0.15, 0.2) is 140 Å². The van der Waals surface area contributed by atoms with Gasteiger partial charge in [-0.2, -0.15) is 0 Å². The third kappa shape index (κ3) is 4.49. The van der Waals surface area contributed by atoms with Gasteiger partial charge in [0.25, 0.3) is 0 Å². The van der Waals surface area contributed by atoms with Crippen LogP contribution in [-0.2, 0) is 10.8 Å². The SMILES string of the molecule is CCC1CC2CCCC(C1)C21c2ccccc2-c2ccc(N(c3ccc(-c4ccccc4)cc3)c3ccc4c(c3)C3(CCCC3)c3ccccc3-4)cc21. The molecule has 5 aliphatic carbocycles. The highest BCUT2D eigenvalue weighted by Crippen LogP contribution is 2.66. The van der Waals surface area contributed by atoms with E-state index >= 15 is 0 Å². The maximum absolute atomic E-state index is 2.66. The Morgan fingerprint density at radius 3 is 1.70 bits per heavy atom. The van der Waals surface area contributed by atoms with Crippen LogP contribution in [0.1, 0.15) is 93.4 Å². The second-order valence-corrected chi connectivity index (χ2v) is 17.0. The number of benzene rings is 6. The smallest absolute Gasteiger partial charge is 0.0465 e. The molecule has 262 valence electrons. The van der Waals surface area contributed by atoms with Crippen molar-refractivity contribution in [1.82, 2.24) is 0 Å². The maximum atomic E-state index is 2.66. The molecule has 0 N–H and O–H groups in total. The third-order valence-corrected chi connectivity index (χ3v) is 14.8. The second-order valence-electron chi connectivity index (χ2n) is 17.0. The van der Waals surface area contributed by atoms with Crippen LogP contribution in [0.25, 0.3) is 33.4 Å². The van der Waals surface area contributed by atoms with Gasteiger partial charge in [-0.1, -0.05) is 136 Å². The molecule has 0 aromatic heterocycles. The number of hydrogen-bond acceptors (Lipinski definition) is 1. The lowest BCUT2D eigenvalue weighted by Crippen LogP contribution is -2.49. The number of nitrogens with zero attached hydrogens (tertiary/aromatic N) is 1. The molecule has 0 aliphatic heterocycles. The van der Waals surface area contributed by atoms with Gasteiger partial charge in [0.2, 0.25) is 0 Å². The van der Waals surface area contributed by atoms with Crippen molar-refractivity contribution in [2.45, 2.75) is 82.0 Å². The van der Waals surface area contributed by atoms with Crippen molar-refractivity contribution in [3.8, 4) is 33.4 Å². The molecule has 0 radical (unpaired) electrons. The molecule has 2 spiro atoms. The summed E-state index contributed by atoms with van der Waals surface area (Å²) in [5.74, 6) is 2.27. The summed E-state index contributed by atoms with van der Waals surface area (Å²) in [6, 6.07) is 54.0. The zero-order valence-electron chi connectivity index (χ0n) is 31.0. The van der Waals surface area contributed by atoms with Crippen LogP contribution in [0.5, 0.6) is 0 Å². The fourth-order valence-electron chi connectivity index (χ4n) is 12.6. The summed E-state index contributed by atoms with van der Waals surface area (Å²) in [6.45, 7) is 2.43. The minimum absolute atomic E-state index is 0.113. The van der Waals surface area contributed by atoms with E-state index in [1.165, 1.54) is 120 Å². The topological polar surface area (TPSA) is 3.24 Å². The molecule has 2 bridgehead atoms. The van der Waals surface area contributed by atoms with Crippen LogP contribution in [0.4, 0.5) is 17.1 Å². The van der Waals surface area contributed by atoms with Gasteiger partial charge in [-0.15, -0.1) is 0 Å². The largest absolute Gasteiger partial charge is 0.310 e. The minimum Gasteiger partial charge on any atom is -0.310 e. The van der Waals surface area contributed by atoms with Gasteiger partial charge >= 0.3 is 0 Å². The molecule has 5 aliphatic rings. The average molecular weight is 688 g/mol. The van der Waals surface area contributed by atoms with Crippen molar-refractivity contribution in [2.75, 3.05) is 4.90 Å². The fourth-order valence-corrected chi connectivity index (χ4v) is 12.6. The van der Waals surface area contributed by atoms with Gasteiger partial charge in [0, 0.05) is 27.9 Å². The molecule has 0 saturated heterocycles. The molecular formula is C52H49N. The molecule has 2 unspecified atom stereocenters. The zero-order valence-corrected chi connectivity index (χ0v) is 31.0. The summed E-state index contributed by atoms with van der Waals surface area (Å²) >= 11 is 0. The molecule has 3 fully saturated rings. The normalized spacial score (nSPS) is 24.1. The Kier molecular flexibility index (Phi) is 7.20. The van der Waals surface area contributed by atoms with E-state index in [9.17, 15) is 0 Å². The van der Waals surface area contributed by atoms with Crippen LogP contribution in [0.3, 0.4) is 0 Å².